The number of nitrogens with one attached hydrogen (secondary N) is 1. The summed E-state index contributed by atoms with van der Waals surface area (Å²) < 4.78 is 2.34. The Hall–Kier alpha value is -1.69. The summed E-state index contributed by atoms with van der Waals surface area (Å²) in [6.07, 6.45) is 7.72. The molecule has 0 atom stereocenters. The Morgan fingerprint density at radius 1 is 1.23 bits per heavy atom. The Morgan fingerprint density at radius 2 is 2.00 bits per heavy atom. The first-order chi connectivity index (χ1) is 12.5. The Kier molecular flexibility index (Phi) is 8.29. The van der Waals surface area contributed by atoms with Gasteiger partial charge in [-0.05, 0) is 30.5 Å². The maximum atomic E-state index is 12.5. The van der Waals surface area contributed by atoms with Crippen LogP contribution in [0.4, 0.5) is 0 Å². The number of carbonyl (C=O) groups excluding carboxylic acids is 1. The molecule has 0 fully saturated rings. The number of hydrogen-bond donors (Lipinski definition) is 1. The highest BCUT2D eigenvalue weighted by Gasteiger charge is 2.07. The largest absolute Gasteiger partial charge is 0.356 e. The molecule has 0 unspecified atom stereocenters. The minimum Gasteiger partial charge on any atom is -0.356 e. The summed E-state index contributed by atoms with van der Waals surface area (Å²) >= 11 is 3.37. The lowest BCUT2D eigenvalue weighted by Gasteiger charge is -2.08. The molecular formula is C20H28BrN3O2. The average molecular weight is 422 g/mol. The van der Waals surface area contributed by atoms with E-state index < -0.39 is 0 Å². The van der Waals surface area contributed by atoms with E-state index in [4.69, 9.17) is 0 Å². The standard InChI is InChI=1S/C20H28BrN3O2/c1-15(2)7-5-3-4-6-11-22-19(25)10-12-24-14-23-18-9-8-16(21)13-17(18)20(24)26/h8-9,13-15H,3-7,10-12H2,1-2H3,(H,22,25). The molecule has 0 saturated heterocycles. The van der Waals surface area contributed by atoms with Gasteiger partial charge in [0.25, 0.3) is 5.56 Å². The number of halogens is 1. The number of carbonyl (C=O) groups is 1. The molecule has 0 aliphatic rings. The molecule has 0 aliphatic carbocycles. The van der Waals surface area contributed by atoms with Crippen molar-refractivity contribution in [2.24, 2.45) is 5.92 Å². The number of rotatable bonds is 10. The Balaban J connectivity index is 1.73. The van der Waals surface area contributed by atoms with Gasteiger partial charge in [0, 0.05) is 24.0 Å². The van der Waals surface area contributed by atoms with Crippen LogP contribution in [0.5, 0.6) is 0 Å². The number of unbranched alkanes of at least 4 members (excludes halogenated alkanes) is 3. The maximum Gasteiger partial charge on any atom is 0.261 e. The van der Waals surface area contributed by atoms with Crippen molar-refractivity contribution in [1.82, 2.24) is 14.9 Å². The third kappa shape index (κ3) is 6.56. The van der Waals surface area contributed by atoms with Gasteiger partial charge in [0.05, 0.1) is 17.2 Å². The Morgan fingerprint density at radius 3 is 2.77 bits per heavy atom. The van der Waals surface area contributed by atoms with Gasteiger partial charge in [-0.1, -0.05) is 55.5 Å². The highest BCUT2D eigenvalue weighted by Crippen LogP contribution is 2.14. The SMILES string of the molecule is CC(C)CCCCCCNC(=O)CCn1cnc2ccc(Br)cc2c1=O. The van der Waals surface area contributed by atoms with Crippen LogP contribution in [0.2, 0.25) is 0 Å². The second-order valence-electron chi connectivity index (χ2n) is 7.10. The molecule has 26 heavy (non-hydrogen) atoms. The molecule has 0 aliphatic heterocycles. The number of aromatic nitrogens is 2. The van der Waals surface area contributed by atoms with Gasteiger partial charge >= 0.3 is 0 Å². The quantitative estimate of drug-likeness (QED) is 0.582. The van der Waals surface area contributed by atoms with Crippen molar-refractivity contribution in [2.45, 2.75) is 58.9 Å². The monoisotopic (exact) mass is 421 g/mol. The molecule has 6 heteroatoms. The van der Waals surface area contributed by atoms with Gasteiger partial charge in [0.15, 0.2) is 0 Å². The van der Waals surface area contributed by atoms with Gasteiger partial charge in [-0.3, -0.25) is 14.2 Å². The number of benzene rings is 1. The summed E-state index contributed by atoms with van der Waals surface area (Å²) in [5.41, 5.74) is 0.547. The third-order valence-electron chi connectivity index (χ3n) is 4.40. The van der Waals surface area contributed by atoms with Crippen molar-refractivity contribution in [1.29, 1.82) is 0 Å². The van der Waals surface area contributed by atoms with E-state index in [9.17, 15) is 9.59 Å². The van der Waals surface area contributed by atoms with Crippen molar-refractivity contribution in [3.8, 4) is 0 Å². The topological polar surface area (TPSA) is 64.0 Å². The molecule has 0 spiro atoms. The zero-order valence-electron chi connectivity index (χ0n) is 15.6. The number of nitrogens with zero attached hydrogens (tertiary/aromatic N) is 2. The van der Waals surface area contributed by atoms with E-state index in [0.29, 0.717) is 24.0 Å². The van der Waals surface area contributed by atoms with Gasteiger partial charge in [0.1, 0.15) is 0 Å². The Bertz CT molecular complexity index is 786. The van der Waals surface area contributed by atoms with Crippen molar-refractivity contribution >= 4 is 32.7 Å². The van der Waals surface area contributed by atoms with Crippen LogP contribution in [0.1, 0.15) is 52.4 Å². The minimum atomic E-state index is -0.116. The molecular weight excluding hydrogens is 394 g/mol. The van der Waals surface area contributed by atoms with E-state index in [-0.39, 0.29) is 17.9 Å². The van der Waals surface area contributed by atoms with Crippen molar-refractivity contribution in [2.75, 3.05) is 6.54 Å². The molecule has 0 radical (unpaired) electrons. The van der Waals surface area contributed by atoms with E-state index in [1.807, 2.05) is 6.07 Å². The van der Waals surface area contributed by atoms with Crippen LogP contribution >= 0.6 is 15.9 Å². The first-order valence-electron chi connectivity index (χ1n) is 9.39. The average Bonchev–Trinajstić information content (AvgIpc) is 2.60. The van der Waals surface area contributed by atoms with Crippen LogP contribution in [0.25, 0.3) is 10.9 Å². The number of hydrogen-bond acceptors (Lipinski definition) is 3. The van der Waals surface area contributed by atoms with Crippen LogP contribution in [0.15, 0.2) is 33.8 Å². The fourth-order valence-electron chi connectivity index (χ4n) is 2.86. The summed E-state index contributed by atoms with van der Waals surface area (Å²) in [4.78, 5) is 28.7. The second-order valence-corrected chi connectivity index (χ2v) is 8.02. The van der Waals surface area contributed by atoms with Gasteiger partial charge in [-0.25, -0.2) is 4.98 Å². The molecule has 1 heterocycles. The fourth-order valence-corrected chi connectivity index (χ4v) is 3.22. The minimum absolute atomic E-state index is 0.0200. The van der Waals surface area contributed by atoms with Crippen molar-refractivity contribution < 1.29 is 4.79 Å². The molecule has 1 N–H and O–H groups in total. The van der Waals surface area contributed by atoms with Crippen molar-refractivity contribution in [3.05, 3.63) is 39.4 Å². The number of aryl methyl sites for hydroxylation is 1. The molecule has 1 amide bonds. The van der Waals surface area contributed by atoms with Crippen LogP contribution < -0.4 is 10.9 Å². The highest BCUT2D eigenvalue weighted by molar-refractivity contribution is 9.10. The molecule has 2 aromatic rings. The third-order valence-corrected chi connectivity index (χ3v) is 4.89. The first kappa shape index (κ1) is 20.6. The molecule has 5 nitrogen and oxygen atoms in total. The van der Waals surface area contributed by atoms with Crippen LogP contribution in [0.3, 0.4) is 0 Å². The summed E-state index contributed by atoms with van der Waals surface area (Å²) in [7, 11) is 0. The van der Waals surface area contributed by atoms with Gasteiger partial charge in [-0.2, -0.15) is 0 Å². The lowest BCUT2D eigenvalue weighted by Crippen LogP contribution is -2.28. The molecule has 0 saturated carbocycles. The summed E-state index contributed by atoms with van der Waals surface area (Å²) in [5, 5.41) is 3.50. The highest BCUT2D eigenvalue weighted by atomic mass is 79.9. The molecule has 142 valence electrons. The van der Waals surface area contributed by atoms with E-state index >= 15 is 0 Å². The molecule has 2 rings (SSSR count). The maximum absolute atomic E-state index is 12.5. The predicted octanol–water partition coefficient (Wildman–Crippen LogP) is 4.27. The molecule has 0 bridgehead atoms. The lowest BCUT2D eigenvalue weighted by atomic mass is 10.0. The van der Waals surface area contributed by atoms with Gasteiger partial charge in [0.2, 0.25) is 5.91 Å². The number of fused-ring (bicyclic) bond motifs is 1. The van der Waals surface area contributed by atoms with E-state index in [1.54, 1.807) is 12.1 Å². The van der Waals surface area contributed by atoms with E-state index in [1.165, 1.54) is 30.2 Å². The summed E-state index contributed by atoms with van der Waals surface area (Å²) in [5.74, 6) is 0.747. The van der Waals surface area contributed by atoms with Gasteiger partial charge in [-0.15, -0.1) is 0 Å². The molecule has 1 aromatic heterocycles. The molecule has 1 aromatic carbocycles. The summed E-state index contributed by atoms with van der Waals surface area (Å²) in [6, 6.07) is 5.43. The zero-order chi connectivity index (χ0) is 18.9. The summed E-state index contributed by atoms with van der Waals surface area (Å²) in [6.45, 7) is 5.54. The van der Waals surface area contributed by atoms with Crippen LogP contribution in [-0.2, 0) is 11.3 Å². The normalized spacial score (nSPS) is 11.2. The number of amides is 1. The van der Waals surface area contributed by atoms with Crippen LogP contribution in [0, 0.1) is 5.92 Å². The van der Waals surface area contributed by atoms with E-state index in [2.05, 4.69) is 40.1 Å². The van der Waals surface area contributed by atoms with Crippen molar-refractivity contribution in [3.63, 3.8) is 0 Å². The Labute approximate surface area is 163 Å². The van der Waals surface area contributed by atoms with Crippen LogP contribution in [-0.4, -0.2) is 22.0 Å². The van der Waals surface area contributed by atoms with E-state index in [0.717, 1.165) is 23.2 Å². The van der Waals surface area contributed by atoms with Gasteiger partial charge < -0.3 is 5.32 Å². The fraction of sp³-hybridized carbons (Fsp3) is 0.550. The zero-order valence-corrected chi connectivity index (χ0v) is 17.2. The second kappa shape index (κ2) is 10.5. The first-order valence-corrected chi connectivity index (χ1v) is 10.2. The lowest BCUT2D eigenvalue weighted by molar-refractivity contribution is -0.121. The predicted molar refractivity (Wildman–Crippen MR) is 109 cm³/mol. The smallest absolute Gasteiger partial charge is 0.261 e.